The second-order valence-electron chi connectivity index (χ2n) is 5.13. The molecule has 0 fully saturated rings. The number of carbonyl (C=O) groups is 1. The van der Waals surface area contributed by atoms with Crippen LogP contribution in [-0.4, -0.2) is 45.8 Å². The maximum absolute atomic E-state index is 11.0. The summed E-state index contributed by atoms with van der Waals surface area (Å²) in [6.07, 6.45) is 2.40. The van der Waals surface area contributed by atoms with Crippen molar-refractivity contribution < 1.29 is 20.1 Å². The Labute approximate surface area is 115 Å². The number of aliphatic hydroxyl groups is 1. The monoisotopic (exact) mass is 273 g/mol. The summed E-state index contributed by atoms with van der Waals surface area (Å²) in [6.45, 7) is 1.50. The molecule has 104 valence electrons. The quantitative estimate of drug-likeness (QED) is 0.719. The van der Waals surface area contributed by atoms with Gasteiger partial charge in [0.2, 0.25) is 0 Å². The number of phenols is 1. The number of phenolic OH excluding ortho intramolecular Hbond substituents is 1. The van der Waals surface area contributed by atoms with Crippen LogP contribution in [0.25, 0.3) is 11.6 Å². The van der Waals surface area contributed by atoms with E-state index in [1.54, 1.807) is 12.1 Å². The lowest BCUT2D eigenvalue weighted by atomic mass is 9.98. The van der Waals surface area contributed by atoms with Crippen molar-refractivity contribution in [2.75, 3.05) is 19.6 Å². The number of aliphatic hydroxyl groups excluding tert-OH is 1. The highest BCUT2D eigenvalue weighted by atomic mass is 16.4. The van der Waals surface area contributed by atoms with Gasteiger partial charge in [0.1, 0.15) is 11.5 Å². The van der Waals surface area contributed by atoms with Gasteiger partial charge in [-0.05, 0) is 34.2 Å². The van der Waals surface area contributed by atoms with Gasteiger partial charge >= 0.3 is 5.97 Å². The van der Waals surface area contributed by atoms with Crippen LogP contribution in [0.4, 0.5) is 0 Å². The lowest BCUT2D eigenvalue weighted by molar-refractivity contribution is -0.133. The van der Waals surface area contributed by atoms with E-state index < -0.39 is 5.97 Å². The van der Waals surface area contributed by atoms with Gasteiger partial charge in [-0.1, -0.05) is 6.07 Å². The number of rotatable bonds is 3. The molecular weight excluding hydrogens is 258 g/mol. The Bertz CT molecular complexity index is 733. The molecule has 5 nitrogen and oxygen atoms in total. The van der Waals surface area contributed by atoms with Crippen LogP contribution in [-0.2, 0) is 4.79 Å². The second-order valence-corrected chi connectivity index (χ2v) is 5.13. The maximum Gasteiger partial charge on any atom is 0.336 e. The summed E-state index contributed by atoms with van der Waals surface area (Å²) >= 11 is 0. The number of carboxylic acids is 1. The molecule has 0 spiro atoms. The fourth-order valence-corrected chi connectivity index (χ4v) is 2.64. The Morgan fingerprint density at radius 2 is 2.10 bits per heavy atom. The number of benzene rings is 1. The van der Waals surface area contributed by atoms with E-state index in [2.05, 4.69) is 0 Å². The number of aromatic hydroxyl groups is 1. The molecule has 0 saturated carbocycles. The first-order chi connectivity index (χ1) is 9.54. The number of hydrogen-bond acceptors (Lipinski definition) is 4. The molecule has 1 aliphatic heterocycles. The molecular formula is C15H15NO4. The summed E-state index contributed by atoms with van der Waals surface area (Å²) < 4.78 is 0. The molecule has 0 unspecified atom stereocenters. The summed E-state index contributed by atoms with van der Waals surface area (Å²) in [7, 11) is 0. The third kappa shape index (κ3) is 2.16. The van der Waals surface area contributed by atoms with Gasteiger partial charge in [0.15, 0.2) is 0 Å². The Kier molecular flexibility index (Phi) is 2.99. The molecule has 0 aromatic heterocycles. The van der Waals surface area contributed by atoms with E-state index in [0.29, 0.717) is 19.5 Å². The minimum absolute atomic E-state index is 0.0191. The van der Waals surface area contributed by atoms with Crippen LogP contribution < -0.4 is 10.4 Å². The topological polar surface area (TPSA) is 81.0 Å². The van der Waals surface area contributed by atoms with Gasteiger partial charge in [0, 0.05) is 26.1 Å². The van der Waals surface area contributed by atoms with Crippen LogP contribution in [0.15, 0.2) is 29.5 Å². The van der Waals surface area contributed by atoms with E-state index in [4.69, 9.17) is 5.11 Å². The van der Waals surface area contributed by atoms with Crippen LogP contribution >= 0.6 is 0 Å². The number of aliphatic carboxylic acids is 1. The van der Waals surface area contributed by atoms with Crippen molar-refractivity contribution in [3.05, 3.63) is 40.0 Å². The maximum atomic E-state index is 11.0. The summed E-state index contributed by atoms with van der Waals surface area (Å²) in [5.41, 5.74) is 1.16. The number of carboxylic acid groups (broad SMARTS) is 1. The van der Waals surface area contributed by atoms with Gasteiger partial charge < -0.3 is 15.3 Å². The van der Waals surface area contributed by atoms with E-state index in [1.165, 1.54) is 0 Å². The normalized spacial score (nSPS) is 18.3. The third-order valence-corrected chi connectivity index (χ3v) is 3.76. The highest BCUT2D eigenvalue weighted by Crippen LogP contribution is 2.18. The van der Waals surface area contributed by atoms with Crippen molar-refractivity contribution >= 4 is 17.6 Å². The Morgan fingerprint density at radius 1 is 1.30 bits per heavy atom. The largest absolute Gasteiger partial charge is 0.512 e. The van der Waals surface area contributed by atoms with Crippen LogP contribution in [0.2, 0.25) is 0 Å². The molecule has 20 heavy (non-hydrogen) atoms. The highest BCUT2D eigenvalue weighted by molar-refractivity contribution is 5.88. The average Bonchev–Trinajstić information content (AvgIpc) is 2.40. The van der Waals surface area contributed by atoms with E-state index >= 15 is 0 Å². The molecule has 1 aromatic rings. The van der Waals surface area contributed by atoms with Gasteiger partial charge in [0.25, 0.3) is 0 Å². The molecule has 5 heteroatoms. The predicted octanol–water partition coefficient (Wildman–Crippen LogP) is -0.0606. The Hall–Kier alpha value is -2.27. The zero-order valence-electron chi connectivity index (χ0n) is 10.8. The summed E-state index contributed by atoms with van der Waals surface area (Å²) in [5, 5.41) is 30.2. The van der Waals surface area contributed by atoms with Crippen molar-refractivity contribution in [2.24, 2.45) is 0 Å². The number of hydrogen-bond donors (Lipinski definition) is 3. The van der Waals surface area contributed by atoms with Crippen LogP contribution in [0.5, 0.6) is 5.75 Å². The predicted molar refractivity (Wildman–Crippen MR) is 73.6 cm³/mol. The van der Waals surface area contributed by atoms with Gasteiger partial charge in [0.05, 0.1) is 5.57 Å². The molecule has 0 saturated heterocycles. The number of nitrogens with zero attached hydrogens (tertiary/aromatic N) is 1. The minimum Gasteiger partial charge on any atom is -0.512 e. The third-order valence-electron chi connectivity index (χ3n) is 3.76. The molecule has 0 amide bonds. The Balaban J connectivity index is 1.79. The molecule has 3 rings (SSSR count). The molecule has 0 radical (unpaired) electrons. The first-order valence-electron chi connectivity index (χ1n) is 6.45. The standard InChI is InChI=1S/C15H15NO4/c17-11-2-1-9-5-10(12(9)6-11)7-16-4-3-14(18)13(8-16)15(19)20/h1-2,5-6,17-18H,3-4,7-8H2,(H,19,20). The zero-order valence-corrected chi connectivity index (χ0v) is 10.8. The van der Waals surface area contributed by atoms with Crippen molar-refractivity contribution in [1.82, 2.24) is 4.90 Å². The van der Waals surface area contributed by atoms with Crippen LogP contribution in [0, 0.1) is 0 Å². The SMILES string of the molecule is O=C(O)C1=C(O)CCN(CC2=c3cc(O)ccc3=C2)C1. The summed E-state index contributed by atoms with van der Waals surface area (Å²) in [6, 6.07) is 5.23. The van der Waals surface area contributed by atoms with E-state index in [0.717, 1.165) is 16.0 Å². The fraction of sp³-hybridized carbons (Fsp3) is 0.267. The molecule has 1 aromatic carbocycles. The number of fused-ring (bicyclic) bond motifs is 1. The average molecular weight is 273 g/mol. The smallest absolute Gasteiger partial charge is 0.336 e. The molecule has 0 bridgehead atoms. The minimum atomic E-state index is -1.06. The lowest BCUT2D eigenvalue weighted by Crippen LogP contribution is -2.41. The zero-order chi connectivity index (χ0) is 14.3. The van der Waals surface area contributed by atoms with Crippen LogP contribution in [0.3, 0.4) is 0 Å². The second kappa shape index (κ2) is 4.68. The van der Waals surface area contributed by atoms with Crippen LogP contribution in [0.1, 0.15) is 6.42 Å². The van der Waals surface area contributed by atoms with Crippen molar-refractivity contribution in [2.45, 2.75) is 6.42 Å². The molecule has 1 aliphatic carbocycles. The Morgan fingerprint density at radius 3 is 2.85 bits per heavy atom. The van der Waals surface area contributed by atoms with Crippen molar-refractivity contribution in [3.63, 3.8) is 0 Å². The summed E-state index contributed by atoms with van der Waals surface area (Å²) in [4.78, 5) is 13.0. The molecule has 2 aliphatic rings. The highest BCUT2D eigenvalue weighted by Gasteiger charge is 2.24. The molecule has 3 N–H and O–H groups in total. The van der Waals surface area contributed by atoms with Gasteiger partial charge in [-0.2, -0.15) is 0 Å². The van der Waals surface area contributed by atoms with E-state index in [1.807, 2.05) is 17.0 Å². The van der Waals surface area contributed by atoms with Gasteiger partial charge in [-0.25, -0.2) is 4.79 Å². The van der Waals surface area contributed by atoms with Gasteiger partial charge in [-0.3, -0.25) is 4.90 Å². The van der Waals surface area contributed by atoms with Crippen molar-refractivity contribution in [1.29, 1.82) is 0 Å². The van der Waals surface area contributed by atoms with Gasteiger partial charge in [-0.15, -0.1) is 0 Å². The lowest BCUT2D eigenvalue weighted by Gasteiger charge is -2.28. The van der Waals surface area contributed by atoms with E-state index in [-0.39, 0.29) is 23.6 Å². The first-order valence-corrected chi connectivity index (χ1v) is 6.45. The summed E-state index contributed by atoms with van der Waals surface area (Å²) in [5.74, 6) is -0.848. The molecule has 0 atom stereocenters. The molecule has 1 heterocycles. The fourth-order valence-electron chi connectivity index (χ4n) is 2.64. The van der Waals surface area contributed by atoms with Crippen molar-refractivity contribution in [3.8, 4) is 5.75 Å². The first kappa shape index (κ1) is 12.7. The van der Waals surface area contributed by atoms with E-state index in [9.17, 15) is 15.0 Å².